The van der Waals surface area contributed by atoms with Crippen LogP contribution in [0.2, 0.25) is 0 Å². The van der Waals surface area contributed by atoms with E-state index in [-0.39, 0.29) is 10.2 Å². The number of carbonyl (C=O) groups is 1. The number of ether oxygens (including phenoxy) is 2. The van der Waals surface area contributed by atoms with Crippen LogP contribution in [-0.2, 0) is 14.3 Å². The fourth-order valence-corrected chi connectivity index (χ4v) is 2.63. The number of quaternary nitrogens is 1. The van der Waals surface area contributed by atoms with E-state index in [1.807, 2.05) is 37.3 Å². The van der Waals surface area contributed by atoms with Gasteiger partial charge in [-0.1, -0.05) is 18.2 Å². The number of para-hydroxylation sites is 1. The number of imidazole rings is 1. The van der Waals surface area contributed by atoms with Gasteiger partial charge in [0.1, 0.15) is 0 Å². The van der Waals surface area contributed by atoms with Crippen molar-refractivity contribution < 1.29 is 14.3 Å². The molecule has 1 aromatic carbocycles. The number of aryl methyl sites for hydroxylation is 1. The van der Waals surface area contributed by atoms with Crippen molar-refractivity contribution in [2.45, 2.75) is 6.92 Å². The van der Waals surface area contributed by atoms with Crippen molar-refractivity contribution in [3.05, 3.63) is 54.2 Å². The average molecular weight is 313 g/mol. The van der Waals surface area contributed by atoms with Crippen LogP contribution >= 0.6 is 0 Å². The van der Waals surface area contributed by atoms with Gasteiger partial charge < -0.3 is 9.47 Å². The Morgan fingerprint density at radius 1 is 1.26 bits per heavy atom. The molecule has 1 aliphatic heterocycles. The standard InChI is InChI=1S/C16H17N4O3/c1-12-9-17-16-19(12)18-11-20(16,13-7-5-4-6-8-13)14(10-22-2)15(21)23-3/h4-11H,1-3H3/q+1. The Morgan fingerprint density at radius 3 is 2.65 bits per heavy atom. The lowest BCUT2D eigenvalue weighted by molar-refractivity contribution is -0.137. The van der Waals surface area contributed by atoms with Gasteiger partial charge in [-0.25, -0.2) is 4.79 Å². The monoisotopic (exact) mass is 313 g/mol. The minimum Gasteiger partial charge on any atom is -0.498 e. The molecule has 3 rings (SSSR count). The van der Waals surface area contributed by atoms with E-state index in [4.69, 9.17) is 9.47 Å². The maximum atomic E-state index is 12.4. The number of rotatable bonds is 4. The lowest BCUT2D eigenvalue weighted by Crippen LogP contribution is -2.44. The molecule has 0 aliphatic carbocycles. The van der Waals surface area contributed by atoms with Crippen LogP contribution < -0.4 is 4.48 Å². The molecule has 0 bridgehead atoms. The highest BCUT2D eigenvalue weighted by molar-refractivity contribution is 6.01. The summed E-state index contributed by atoms with van der Waals surface area (Å²) in [5, 5.41) is 4.41. The maximum absolute atomic E-state index is 12.4. The molecule has 7 nitrogen and oxygen atoms in total. The molecule has 0 fully saturated rings. The minimum atomic E-state index is -0.517. The molecule has 1 unspecified atom stereocenters. The fourth-order valence-electron chi connectivity index (χ4n) is 2.63. The number of hydrogen-bond acceptors (Lipinski definition) is 5. The molecule has 1 aromatic heterocycles. The topological polar surface area (TPSA) is 65.7 Å². The molecule has 23 heavy (non-hydrogen) atoms. The highest BCUT2D eigenvalue weighted by atomic mass is 16.5. The molecule has 118 valence electrons. The van der Waals surface area contributed by atoms with E-state index >= 15 is 0 Å². The molecule has 0 radical (unpaired) electrons. The zero-order valence-corrected chi connectivity index (χ0v) is 13.1. The van der Waals surface area contributed by atoms with Gasteiger partial charge in [-0.05, 0) is 6.92 Å². The number of esters is 1. The van der Waals surface area contributed by atoms with Gasteiger partial charge in [-0.2, -0.15) is 9.66 Å². The second-order valence-corrected chi connectivity index (χ2v) is 5.03. The molecular formula is C16H17N4O3+. The summed E-state index contributed by atoms with van der Waals surface area (Å²) in [5.41, 5.74) is 1.93. The average Bonchev–Trinajstić information content (AvgIpc) is 3.14. The second-order valence-electron chi connectivity index (χ2n) is 5.03. The van der Waals surface area contributed by atoms with Crippen LogP contribution in [-0.4, -0.2) is 36.2 Å². The summed E-state index contributed by atoms with van der Waals surface area (Å²) in [6, 6.07) is 9.49. The van der Waals surface area contributed by atoms with Crippen LogP contribution in [0.3, 0.4) is 0 Å². The van der Waals surface area contributed by atoms with Crippen molar-refractivity contribution in [3.63, 3.8) is 0 Å². The van der Waals surface area contributed by atoms with Crippen molar-refractivity contribution in [3.8, 4) is 0 Å². The molecule has 1 atom stereocenters. The van der Waals surface area contributed by atoms with Gasteiger partial charge in [0.25, 0.3) is 5.70 Å². The Labute approximate surface area is 133 Å². The summed E-state index contributed by atoms with van der Waals surface area (Å²) in [6.45, 7) is 1.90. The summed E-state index contributed by atoms with van der Waals surface area (Å²) in [5.74, 6) is 0.0543. The molecule has 0 spiro atoms. The lowest BCUT2D eigenvalue weighted by Gasteiger charge is -2.26. The third kappa shape index (κ3) is 2.13. The number of carbonyl (C=O) groups excluding carboxylic acids is 1. The lowest BCUT2D eigenvalue weighted by atomic mass is 10.2. The Balaban J connectivity index is 2.31. The van der Waals surface area contributed by atoms with E-state index in [1.54, 1.807) is 17.2 Å². The van der Waals surface area contributed by atoms with Crippen LogP contribution in [0.5, 0.6) is 0 Å². The van der Waals surface area contributed by atoms with Crippen LogP contribution in [0.4, 0.5) is 11.6 Å². The SMILES string of the molecule is COC=C(C(=O)OC)[N+]1(c2ccccc2)C=Nn2c(C)cnc21. The molecule has 2 aromatic rings. The molecule has 0 saturated carbocycles. The zero-order valence-electron chi connectivity index (χ0n) is 13.1. The Bertz CT molecular complexity index is 795. The number of benzene rings is 1. The van der Waals surface area contributed by atoms with Crippen molar-refractivity contribution in [1.29, 1.82) is 0 Å². The smallest absolute Gasteiger partial charge is 0.397 e. The third-order valence-electron chi connectivity index (χ3n) is 3.71. The molecule has 0 saturated heterocycles. The van der Waals surface area contributed by atoms with Crippen molar-refractivity contribution in [2.24, 2.45) is 5.10 Å². The summed E-state index contributed by atoms with van der Waals surface area (Å²) < 4.78 is 11.7. The molecule has 7 heteroatoms. The normalized spacial score (nSPS) is 19.5. The number of methoxy groups -OCH3 is 2. The molecule has 1 aliphatic rings. The first-order valence-corrected chi connectivity index (χ1v) is 7.01. The number of fused-ring (bicyclic) bond motifs is 1. The molecule has 2 heterocycles. The van der Waals surface area contributed by atoms with E-state index < -0.39 is 5.97 Å². The summed E-state index contributed by atoms with van der Waals surface area (Å²) in [7, 11) is 2.81. The van der Waals surface area contributed by atoms with Gasteiger partial charge in [0, 0.05) is 12.1 Å². The number of hydrogen-bond donors (Lipinski definition) is 0. The summed E-state index contributed by atoms with van der Waals surface area (Å²) in [4.78, 5) is 16.9. The van der Waals surface area contributed by atoms with Gasteiger partial charge in [0.2, 0.25) is 6.34 Å². The van der Waals surface area contributed by atoms with E-state index in [1.165, 1.54) is 20.5 Å². The van der Waals surface area contributed by atoms with Gasteiger partial charge in [-0.3, -0.25) is 0 Å². The van der Waals surface area contributed by atoms with Gasteiger partial charge in [-0.15, -0.1) is 9.58 Å². The van der Waals surface area contributed by atoms with Crippen LogP contribution in [0.25, 0.3) is 0 Å². The van der Waals surface area contributed by atoms with Gasteiger partial charge in [0.15, 0.2) is 11.9 Å². The van der Waals surface area contributed by atoms with Crippen molar-refractivity contribution >= 4 is 23.9 Å². The van der Waals surface area contributed by atoms with Gasteiger partial charge >= 0.3 is 11.9 Å². The first-order chi connectivity index (χ1) is 11.1. The van der Waals surface area contributed by atoms with Crippen LogP contribution in [0, 0.1) is 6.92 Å². The van der Waals surface area contributed by atoms with E-state index in [9.17, 15) is 4.79 Å². The summed E-state index contributed by atoms with van der Waals surface area (Å²) >= 11 is 0. The highest BCUT2D eigenvalue weighted by Gasteiger charge is 2.50. The van der Waals surface area contributed by atoms with E-state index in [0.717, 1.165) is 11.4 Å². The Morgan fingerprint density at radius 2 is 2.00 bits per heavy atom. The Kier molecular flexibility index (Phi) is 3.71. The zero-order chi connectivity index (χ0) is 16.4. The van der Waals surface area contributed by atoms with Crippen molar-refractivity contribution in [2.75, 3.05) is 14.2 Å². The maximum Gasteiger partial charge on any atom is 0.397 e. The van der Waals surface area contributed by atoms with Crippen LogP contribution in [0.15, 0.2) is 53.6 Å². The third-order valence-corrected chi connectivity index (χ3v) is 3.71. The molecule has 0 N–H and O–H groups in total. The number of nitrogens with zero attached hydrogens (tertiary/aromatic N) is 4. The minimum absolute atomic E-state index is 0.102. The quantitative estimate of drug-likeness (QED) is 0.376. The van der Waals surface area contributed by atoms with Gasteiger partial charge in [0.05, 0.1) is 26.1 Å². The van der Waals surface area contributed by atoms with E-state index in [0.29, 0.717) is 5.95 Å². The molecular weight excluding hydrogens is 296 g/mol. The second kappa shape index (κ2) is 5.69. The largest absolute Gasteiger partial charge is 0.498 e. The van der Waals surface area contributed by atoms with Crippen molar-refractivity contribution in [1.82, 2.24) is 14.1 Å². The van der Waals surface area contributed by atoms with Crippen LogP contribution in [0.1, 0.15) is 5.69 Å². The fraction of sp³-hybridized carbons (Fsp3) is 0.188. The predicted molar refractivity (Wildman–Crippen MR) is 85.9 cm³/mol. The first-order valence-electron chi connectivity index (χ1n) is 7.01. The molecule has 0 amide bonds. The van der Waals surface area contributed by atoms with E-state index in [2.05, 4.69) is 10.1 Å². The Hall–Kier alpha value is -2.93. The summed E-state index contributed by atoms with van der Waals surface area (Å²) in [6.07, 6.45) is 4.72. The highest BCUT2D eigenvalue weighted by Crippen LogP contribution is 2.40. The predicted octanol–water partition coefficient (Wildman–Crippen LogP) is 2.30. The first kappa shape index (κ1) is 15.0. The number of aromatic nitrogens is 2.